The molecule has 2 aromatic rings. The molecule has 0 fully saturated rings. The second-order valence-corrected chi connectivity index (χ2v) is 8.04. The first-order valence-corrected chi connectivity index (χ1v) is 11.6. The third-order valence-electron chi connectivity index (χ3n) is 5.35. The summed E-state index contributed by atoms with van der Waals surface area (Å²) in [6.45, 7) is 8.57. The Morgan fingerprint density at radius 1 is 1.03 bits per heavy atom. The lowest BCUT2D eigenvalue weighted by Gasteiger charge is -2.21. The number of amidine groups is 1. The lowest BCUT2D eigenvalue weighted by atomic mass is 9.97. The molecule has 0 aliphatic heterocycles. The Hall–Kier alpha value is -2.95. The molecule has 5 nitrogen and oxygen atoms in total. The van der Waals surface area contributed by atoms with Gasteiger partial charge in [0.25, 0.3) is 0 Å². The van der Waals surface area contributed by atoms with E-state index in [2.05, 4.69) is 31.2 Å². The second-order valence-electron chi connectivity index (χ2n) is 8.04. The SMILES string of the molecule is CCCOc1ccc(-c2cccc(CCCC(=N)N(CC)C(=O)CC)c2)cc1CC(C)=O. The standard InChI is InChI=1S/C27H36N2O3/c1-5-16-32-25-15-14-23(19-24(25)17-20(4)30)22-12-8-10-21(18-22)11-9-13-26(28)29(7-3)27(31)6-2/h8,10,12,14-15,18-19,28H,5-7,9,11,13,16-17H2,1-4H3. The van der Waals surface area contributed by atoms with Crippen molar-refractivity contribution in [3.63, 3.8) is 0 Å². The van der Waals surface area contributed by atoms with Crippen molar-refractivity contribution in [3.05, 3.63) is 53.6 Å². The van der Waals surface area contributed by atoms with Gasteiger partial charge in [-0.15, -0.1) is 0 Å². The molecule has 1 N–H and O–H groups in total. The minimum Gasteiger partial charge on any atom is -0.493 e. The van der Waals surface area contributed by atoms with Gasteiger partial charge >= 0.3 is 0 Å². The van der Waals surface area contributed by atoms with Gasteiger partial charge in [0.05, 0.1) is 6.61 Å². The van der Waals surface area contributed by atoms with Crippen LogP contribution in [0, 0.1) is 5.41 Å². The number of hydrogen-bond acceptors (Lipinski definition) is 4. The van der Waals surface area contributed by atoms with Crippen LogP contribution in [0.25, 0.3) is 11.1 Å². The van der Waals surface area contributed by atoms with E-state index in [4.69, 9.17) is 10.1 Å². The molecular weight excluding hydrogens is 400 g/mol. The predicted octanol–water partition coefficient (Wildman–Crippen LogP) is 5.83. The summed E-state index contributed by atoms with van der Waals surface area (Å²) in [5.41, 5.74) is 4.27. The summed E-state index contributed by atoms with van der Waals surface area (Å²) < 4.78 is 5.83. The van der Waals surface area contributed by atoms with Crippen LogP contribution in [0.5, 0.6) is 5.75 Å². The first-order valence-electron chi connectivity index (χ1n) is 11.6. The Labute approximate surface area is 192 Å². The number of aryl methyl sites for hydroxylation is 1. The van der Waals surface area contributed by atoms with Gasteiger partial charge in [-0.25, -0.2) is 0 Å². The minimum atomic E-state index is 0.00669. The highest BCUT2D eigenvalue weighted by Gasteiger charge is 2.14. The van der Waals surface area contributed by atoms with Gasteiger partial charge < -0.3 is 9.64 Å². The van der Waals surface area contributed by atoms with E-state index in [1.54, 1.807) is 11.8 Å². The molecule has 0 unspecified atom stereocenters. The number of Topliss-reactive ketones (excluding diaryl/α,β-unsaturated/α-hetero) is 1. The normalized spacial score (nSPS) is 10.6. The fraction of sp³-hybridized carbons (Fsp3) is 0.444. The zero-order valence-electron chi connectivity index (χ0n) is 19.9. The molecule has 0 aliphatic rings. The Kier molecular flexibility index (Phi) is 10.1. The smallest absolute Gasteiger partial charge is 0.227 e. The number of ether oxygens (including phenoxy) is 1. The number of benzene rings is 2. The molecule has 0 saturated carbocycles. The van der Waals surface area contributed by atoms with Crippen molar-refractivity contribution in [2.24, 2.45) is 0 Å². The summed E-state index contributed by atoms with van der Waals surface area (Å²) in [5, 5.41) is 8.24. The fourth-order valence-corrected chi connectivity index (χ4v) is 3.73. The van der Waals surface area contributed by atoms with E-state index in [0.29, 0.717) is 38.2 Å². The Morgan fingerprint density at radius 3 is 2.44 bits per heavy atom. The lowest BCUT2D eigenvalue weighted by molar-refractivity contribution is -0.127. The topological polar surface area (TPSA) is 70.5 Å². The molecule has 0 aromatic heterocycles. The highest BCUT2D eigenvalue weighted by atomic mass is 16.5. The number of nitrogens with one attached hydrogen (secondary N) is 1. The van der Waals surface area contributed by atoms with Crippen LogP contribution in [0.3, 0.4) is 0 Å². The number of nitrogens with zero attached hydrogens (tertiary/aromatic N) is 1. The van der Waals surface area contributed by atoms with E-state index in [-0.39, 0.29) is 11.7 Å². The molecular formula is C27H36N2O3. The summed E-state index contributed by atoms with van der Waals surface area (Å²) in [6.07, 6.45) is 3.94. The molecule has 5 heteroatoms. The van der Waals surface area contributed by atoms with Gasteiger partial charge in [0.15, 0.2) is 0 Å². The Balaban J connectivity index is 2.11. The number of rotatable bonds is 12. The maximum absolute atomic E-state index is 12.0. The summed E-state index contributed by atoms with van der Waals surface area (Å²) in [6, 6.07) is 14.4. The van der Waals surface area contributed by atoms with Crippen molar-refractivity contribution >= 4 is 17.5 Å². The number of ketones is 1. The molecule has 0 heterocycles. The monoisotopic (exact) mass is 436 g/mol. The average Bonchev–Trinajstić information content (AvgIpc) is 2.78. The Bertz CT molecular complexity index is 936. The van der Waals surface area contributed by atoms with E-state index in [9.17, 15) is 9.59 Å². The third kappa shape index (κ3) is 7.33. The van der Waals surface area contributed by atoms with E-state index >= 15 is 0 Å². The molecule has 0 radical (unpaired) electrons. The third-order valence-corrected chi connectivity index (χ3v) is 5.35. The fourth-order valence-electron chi connectivity index (χ4n) is 3.73. The largest absolute Gasteiger partial charge is 0.493 e. The number of carbonyl (C=O) groups is 2. The van der Waals surface area contributed by atoms with Crippen molar-refractivity contribution in [2.75, 3.05) is 13.2 Å². The summed E-state index contributed by atoms with van der Waals surface area (Å²) >= 11 is 0. The highest BCUT2D eigenvalue weighted by Crippen LogP contribution is 2.28. The number of amides is 1. The van der Waals surface area contributed by atoms with E-state index in [1.165, 1.54) is 5.56 Å². The Morgan fingerprint density at radius 2 is 1.78 bits per heavy atom. The van der Waals surface area contributed by atoms with Crippen LogP contribution in [0.4, 0.5) is 0 Å². The van der Waals surface area contributed by atoms with Crippen molar-refractivity contribution < 1.29 is 14.3 Å². The van der Waals surface area contributed by atoms with Gasteiger partial charge in [0.1, 0.15) is 17.4 Å². The predicted molar refractivity (Wildman–Crippen MR) is 130 cm³/mol. The summed E-state index contributed by atoms with van der Waals surface area (Å²) in [4.78, 5) is 25.3. The van der Waals surface area contributed by atoms with Gasteiger partial charge in [0, 0.05) is 31.4 Å². The van der Waals surface area contributed by atoms with E-state index in [0.717, 1.165) is 41.7 Å². The molecule has 2 rings (SSSR count). The molecule has 0 atom stereocenters. The van der Waals surface area contributed by atoms with Crippen LogP contribution in [-0.2, 0) is 22.4 Å². The van der Waals surface area contributed by atoms with Crippen LogP contribution in [0.15, 0.2) is 42.5 Å². The second kappa shape index (κ2) is 12.8. The zero-order chi connectivity index (χ0) is 23.5. The number of hydrogen-bond donors (Lipinski definition) is 1. The molecule has 172 valence electrons. The van der Waals surface area contributed by atoms with Gasteiger partial charge in [-0.2, -0.15) is 0 Å². The molecule has 0 aliphatic carbocycles. The quantitative estimate of drug-likeness (QED) is 0.336. The molecule has 0 spiro atoms. The van der Waals surface area contributed by atoms with Crippen molar-refractivity contribution in [2.45, 2.75) is 66.2 Å². The van der Waals surface area contributed by atoms with Crippen molar-refractivity contribution in [3.8, 4) is 16.9 Å². The first kappa shape index (κ1) is 25.3. The molecule has 0 saturated heterocycles. The van der Waals surface area contributed by atoms with Crippen molar-refractivity contribution in [1.82, 2.24) is 4.90 Å². The average molecular weight is 437 g/mol. The summed E-state index contributed by atoms with van der Waals surface area (Å²) in [7, 11) is 0. The van der Waals surface area contributed by atoms with E-state index < -0.39 is 0 Å². The van der Waals surface area contributed by atoms with Crippen LogP contribution in [0.2, 0.25) is 0 Å². The summed E-state index contributed by atoms with van der Waals surface area (Å²) in [5.74, 6) is 1.30. The lowest BCUT2D eigenvalue weighted by Crippen LogP contribution is -2.35. The minimum absolute atomic E-state index is 0.00669. The molecule has 32 heavy (non-hydrogen) atoms. The maximum atomic E-state index is 12.0. The number of carbonyl (C=O) groups excluding carboxylic acids is 2. The first-order chi connectivity index (χ1) is 15.4. The van der Waals surface area contributed by atoms with Crippen LogP contribution >= 0.6 is 0 Å². The van der Waals surface area contributed by atoms with Crippen LogP contribution in [0.1, 0.15) is 64.5 Å². The molecule has 2 aromatic carbocycles. The van der Waals surface area contributed by atoms with Crippen molar-refractivity contribution in [1.29, 1.82) is 5.41 Å². The molecule has 1 amide bonds. The van der Waals surface area contributed by atoms with Crippen LogP contribution < -0.4 is 4.74 Å². The molecule has 0 bridgehead atoms. The van der Waals surface area contributed by atoms with Crippen LogP contribution in [-0.4, -0.2) is 35.6 Å². The van der Waals surface area contributed by atoms with E-state index in [1.807, 2.05) is 32.0 Å². The van der Waals surface area contributed by atoms with Gasteiger partial charge in [0.2, 0.25) is 5.91 Å². The zero-order valence-corrected chi connectivity index (χ0v) is 19.9. The highest BCUT2D eigenvalue weighted by molar-refractivity contribution is 5.96. The van der Waals surface area contributed by atoms with Gasteiger partial charge in [-0.05, 0) is 61.9 Å². The maximum Gasteiger partial charge on any atom is 0.227 e. The van der Waals surface area contributed by atoms with Gasteiger partial charge in [-0.1, -0.05) is 44.2 Å². The van der Waals surface area contributed by atoms with Gasteiger partial charge in [-0.3, -0.25) is 15.0 Å².